The summed E-state index contributed by atoms with van der Waals surface area (Å²) in [6.07, 6.45) is -5.04. The predicted octanol–water partition coefficient (Wildman–Crippen LogP) is 3.88. The van der Waals surface area contributed by atoms with E-state index in [0.717, 1.165) is 12.1 Å². The van der Waals surface area contributed by atoms with E-state index in [0.29, 0.717) is 24.3 Å². The van der Waals surface area contributed by atoms with E-state index in [1.54, 1.807) is 24.3 Å². The Morgan fingerprint density at radius 1 is 1.04 bits per heavy atom. The predicted molar refractivity (Wildman–Crippen MR) is 77.6 cm³/mol. The minimum Gasteiger partial charge on any atom is -0.352 e. The fraction of sp³-hybridized carbons (Fsp3) is 0.235. The molecule has 0 bridgehead atoms. The Hall–Kier alpha value is -2.34. The number of ether oxygens (including phenoxy) is 1. The third kappa shape index (κ3) is 3.22. The van der Waals surface area contributed by atoms with Gasteiger partial charge in [-0.1, -0.05) is 30.3 Å². The summed E-state index contributed by atoms with van der Waals surface area (Å²) in [7, 11) is 0. The molecule has 1 fully saturated rings. The molecule has 23 heavy (non-hydrogen) atoms. The summed E-state index contributed by atoms with van der Waals surface area (Å²) >= 11 is 0. The lowest BCUT2D eigenvalue weighted by molar-refractivity contribution is -0.137. The number of nitrogens with zero attached hydrogens (tertiary/aromatic N) is 1. The van der Waals surface area contributed by atoms with Gasteiger partial charge in [-0.3, -0.25) is 4.79 Å². The number of alkyl halides is 3. The van der Waals surface area contributed by atoms with Gasteiger partial charge in [-0.15, -0.1) is 0 Å². The third-order valence-electron chi connectivity index (χ3n) is 3.70. The van der Waals surface area contributed by atoms with Crippen LogP contribution in [0.15, 0.2) is 54.6 Å². The lowest BCUT2D eigenvalue weighted by Gasteiger charge is -2.23. The molecule has 1 amide bonds. The molecule has 0 aliphatic carbocycles. The first-order chi connectivity index (χ1) is 11.0. The summed E-state index contributed by atoms with van der Waals surface area (Å²) < 4.78 is 43.4. The number of rotatable bonds is 2. The van der Waals surface area contributed by atoms with Crippen molar-refractivity contribution in [3.05, 3.63) is 71.3 Å². The van der Waals surface area contributed by atoms with E-state index in [-0.39, 0.29) is 5.91 Å². The van der Waals surface area contributed by atoms with Gasteiger partial charge >= 0.3 is 6.18 Å². The first-order valence-corrected chi connectivity index (χ1v) is 7.11. The number of benzene rings is 2. The normalized spacial score (nSPS) is 18.2. The molecule has 2 aromatic carbocycles. The Morgan fingerprint density at radius 3 is 2.30 bits per heavy atom. The van der Waals surface area contributed by atoms with Gasteiger partial charge < -0.3 is 9.64 Å². The summed E-state index contributed by atoms with van der Waals surface area (Å²) in [6.45, 7) is 0.754. The first kappa shape index (κ1) is 15.6. The number of hydrogen-bond acceptors (Lipinski definition) is 2. The number of hydrogen-bond donors (Lipinski definition) is 0. The average molecular weight is 321 g/mol. The fourth-order valence-electron chi connectivity index (χ4n) is 2.54. The highest BCUT2D eigenvalue weighted by Crippen LogP contribution is 2.33. The molecule has 1 heterocycles. The lowest BCUT2D eigenvalue weighted by atomic mass is 10.1. The lowest BCUT2D eigenvalue weighted by Crippen LogP contribution is -2.31. The Morgan fingerprint density at radius 2 is 1.70 bits per heavy atom. The van der Waals surface area contributed by atoms with Crippen LogP contribution in [0.3, 0.4) is 0 Å². The molecule has 0 N–H and O–H groups in total. The van der Waals surface area contributed by atoms with Crippen molar-refractivity contribution in [2.24, 2.45) is 0 Å². The van der Waals surface area contributed by atoms with E-state index >= 15 is 0 Å². The SMILES string of the molecule is O=C(c1ccccc1)N1CCO[C@@H]1c1ccc(C(F)(F)F)cc1. The van der Waals surface area contributed by atoms with Gasteiger partial charge in [0, 0.05) is 17.7 Å². The minimum absolute atomic E-state index is 0.201. The number of amides is 1. The van der Waals surface area contributed by atoms with Crippen LogP contribution in [0.2, 0.25) is 0 Å². The van der Waals surface area contributed by atoms with Crippen molar-refractivity contribution in [1.82, 2.24) is 4.90 Å². The van der Waals surface area contributed by atoms with Gasteiger partial charge in [-0.2, -0.15) is 13.2 Å². The monoisotopic (exact) mass is 321 g/mol. The maximum Gasteiger partial charge on any atom is 0.416 e. The Bertz CT molecular complexity index is 683. The summed E-state index contributed by atoms with van der Waals surface area (Å²) in [5, 5.41) is 0. The molecule has 0 spiro atoms. The van der Waals surface area contributed by atoms with Gasteiger partial charge in [-0.05, 0) is 24.3 Å². The van der Waals surface area contributed by atoms with Crippen LogP contribution in [-0.2, 0) is 10.9 Å². The van der Waals surface area contributed by atoms with Crippen LogP contribution in [0.5, 0.6) is 0 Å². The summed E-state index contributed by atoms with van der Waals surface area (Å²) in [5.74, 6) is -0.201. The number of carbonyl (C=O) groups excluding carboxylic acids is 1. The molecular formula is C17H14F3NO2. The molecule has 1 atom stereocenters. The highest BCUT2D eigenvalue weighted by Gasteiger charge is 2.33. The van der Waals surface area contributed by atoms with Crippen molar-refractivity contribution in [2.45, 2.75) is 12.4 Å². The van der Waals surface area contributed by atoms with E-state index in [9.17, 15) is 18.0 Å². The van der Waals surface area contributed by atoms with Crippen LogP contribution in [0.1, 0.15) is 27.7 Å². The first-order valence-electron chi connectivity index (χ1n) is 7.11. The second-order valence-electron chi connectivity index (χ2n) is 5.21. The van der Waals surface area contributed by atoms with Crippen molar-refractivity contribution < 1.29 is 22.7 Å². The molecule has 2 aromatic rings. The van der Waals surface area contributed by atoms with Crippen molar-refractivity contribution in [3.8, 4) is 0 Å². The topological polar surface area (TPSA) is 29.5 Å². The highest BCUT2D eigenvalue weighted by atomic mass is 19.4. The molecule has 1 aliphatic rings. The van der Waals surface area contributed by atoms with E-state index in [1.807, 2.05) is 6.07 Å². The Labute approximate surface area is 131 Å². The zero-order valence-corrected chi connectivity index (χ0v) is 12.1. The molecule has 3 nitrogen and oxygen atoms in total. The molecular weight excluding hydrogens is 307 g/mol. The van der Waals surface area contributed by atoms with E-state index in [2.05, 4.69) is 0 Å². The largest absolute Gasteiger partial charge is 0.416 e. The zero-order valence-electron chi connectivity index (χ0n) is 12.1. The van der Waals surface area contributed by atoms with Crippen molar-refractivity contribution in [2.75, 3.05) is 13.2 Å². The van der Waals surface area contributed by atoms with Gasteiger partial charge in [0.05, 0.1) is 12.2 Å². The van der Waals surface area contributed by atoms with Gasteiger partial charge in [0.2, 0.25) is 0 Å². The van der Waals surface area contributed by atoms with Crippen LogP contribution in [0.25, 0.3) is 0 Å². The molecule has 1 saturated heterocycles. The molecule has 0 saturated carbocycles. The van der Waals surface area contributed by atoms with E-state index in [4.69, 9.17) is 4.74 Å². The molecule has 0 aromatic heterocycles. The molecule has 0 unspecified atom stereocenters. The Balaban J connectivity index is 1.83. The third-order valence-corrected chi connectivity index (χ3v) is 3.70. The Kier molecular flexibility index (Phi) is 4.09. The zero-order chi connectivity index (χ0) is 16.4. The van der Waals surface area contributed by atoms with Crippen LogP contribution >= 0.6 is 0 Å². The summed E-state index contributed by atoms with van der Waals surface area (Å²) in [4.78, 5) is 14.0. The van der Waals surface area contributed by atoms with Crippen LogP contribution in [0, 0.1) is 0 Å². The number of halogens is 3. The molecule has 120 valence electrons. The van der Waals surface area contributed by atoms with Crippen LogP contribution in [-0.4, -0.2) is 24.0 Å². The maximum atomic E-state index is 12.6. The number of carbonyl (C=O) groups is 1. The quantitative estimate of drug-likeness (QED) is 0.840. The fourth-order valence-corrected chi connectivity index (χ4v) is 2.54. The van der Waals surface area contributed by atoms with Crippen LogP contribution in [0.4, 0.5) is 13.2 Å². The molecule has 6 heteroatoms. The standard InChI is InChI=1S/C17H14F3NO2/c18-17(19,20)14-8-6-13(7-9-14)16-21(10-11-23-16)15(22)12-4-2-1-3-5-12/h1-9,16H,10-11H2/t16-/m1/s1. The van der Waals surface area contributed by atoms with Crippen molar-refractivity contribution in [3.63, 3.8) is 0 Å². The molecule has 1 aliphatic heterocycles. The minimum atomic E-state index is -4.38. The smallest absolute Gasteiger partial charge is 0.352 e. The van der Waals surface area contributed by atoms with Crippen molar-refractivity contribution in [1.29, 1.82) is 0 Å². The van der Waals surface area contributed by atoms with Gasteiger partial charge in [0.25, 0.3) is 5.91 Å². The highest BCUT2D eigenvalue weighted by molar-refractivity contribution is 5.94. The molecule has 0 radical (unpaired) electrons. The van der Waals surface area contributed by atoms with E-state index < -0.39 is 18.0 Å². The summed E-state index contributed by atoms with van der Waals surface area (Å²) in [5.41, 5.74) is 0.329. The van der Waals surface area contributed by atoms with Gasteiger partial charge in [0.1, 0.15) is 0 Å². The van der Waals surface area contributed by atoms with Gasteiger partial charge in [-0.25, -0.2) is 0 Å². The van der Waals surface area contributed by atoms with E-state index in [1.165, 1.54) is 17.0 Å². The second-order valence-corrected chi connectivity index (χ2v) is 5.21. The van der Waals surface area contributed by atoms with Crippen LogP contribution < -0.4 is 0 Å². The second kappa shape index (κ2) is 6.04. The van der Waals surface area contributed by atoms with Gasteiger partial charge in [0.15, 0.2) is 6.23 Å². The molecule has 3 rings (SSSR count). The summed E-state index contributed by atoms with van der Waals surface area (Å²) in [6, 6.07) is 13.4. The maximum absolute atomic E-state index is 12.6. The van der Waals surface area contributed by atoms with Crippen molar-refractivity contribution >= 4 is 5.91 Å². The average Bonchev–Trinajstić information content (AvgIpc) is 3.04.